The van der Waals surface area contributed by atoms with Gasteiger partial charge >= 0.3 is 0 Å². The van der Waals surface area contributed by atoms with Crippen LogP contribution in [0.4, 0.5) is 11.4 Å². The summed E-state index contributed by atoms with van der Waals surface area (Å²) in [6, 6.07) is 11.3. The standard InChI is InChI=1S/C19H18N4S2/c1-11-13(4-6-20-11)18-9-14-15(5-7-21-19(14)25-18)23-12-2-3-17-16(8-12)22-10-24-17/h2-3,5,7-11,13,20H,4,6H2,1H3,(H,21,23)/t11-,13-/m0/s1. The van der Waals surface area contributed by atoms with Gasteiger partial charge in [0.05, 0.1) is 21.4 Å². The monoisotopic (exact) mass is 366 g/mol. The van der Waals surface area contributed by atoms with Gasteiger partial charge in [-0.05, 0) is 50.2 Å². The lowest BCUT2D eigenvalue weighted by Gasteiger charge is -2.12. The van der Waals surface area contributed by atoms with Crippen LogP contribution in [-0.4, -0.2) is 22.6 Å². The van der Waals surface area contributed by atoms with E-state index >= 15 is 0 Å². The number of aromatic nitrogens is 2. The van der Waals surface area contributed by atoms with Crippen LogP contribution in [0.2, 0.25) is 0 Å². The molecule has 0 aliphatic carbocycles. The lowest BCUT2D eigenvalue weighted by Crippen LogP contribution is -2.20. The molecule has 1 aromatic carbocycles. The third kappa shape index (κ3) is 2.70. The van der Waals surface area contributed by atoms with E-state index < -0.39 is 0 Å². The summed E-state index contributed by atoms with van der Waals surface area (Å²) in [6.45, 7) is 3.38. The van der Waals surface area contributed by atoms with Gasteiger partial charge in [0, 0.05) is 34.1 Å². The molecule has 5 rings (SSSR count). The molecule has 25 heavy (non-hydrogen) atoms. The number of fused-ring (bicyclic) bond motifs is 2. The van der Waals surface area contributed by atoms with E-state index in [9.17, 15) is 0 Å². The van der Waals surface area contributed by atoms with Crippen LogP contribution in [0.3, 0.4) is 0 Å². The van der Waals surface area contributed by atoms with Crippen LogP contribution in [0.1, 0.15) is 24.1 Å². The molecule has 0 bridgehead atoms. The van der Waals surface area contributed by atoms with Crippen molar-refractivity contribution in [3.05, 3.63) is 46.9 Å². The molecule has 126 valence electrons. The van der Waals surface area contributed by atoms with Gasteiger partial charge in [0.2, 0.25) is 0 Å². The second-order valence-electron chi connectivity index (χ2n) is 6.52. The molecule has 1 aliphatic heterocycles. The Labute approximate surface area is 153 Å². The lowest BCUT2D eigenvalue weighted by atomic mass is 10.00. The molecule has 1 fully saturated rings. The van der Waals surface area contributed by atoms with Gasteiger partial charge in [-0.2, -0.15) is 0 Å². The molecule has 4 aromatic rings. The zero-order valence-corrected chi connectivity index (χ0v) is 15.5. The van der Waals surface area contributed by atoms with Crippen molar-refractivity contribution in [1.82, 2.24) is 15.3 Å². The first kappa shape index (κ1) is 15.3. The SMILES string of the molecule is C[C@@H]1NCC[C@@H]1c1cc2c(Nc3ccc4scnc4c3)ccnc2s1. The average Bonchev–Trinajstić information content (AvgIpc) is 3.32. The molecule has 0 saturated carbocycles. The number of hydrogen-bond donors (Lipinski definition) is 2. The average molecular weight is 367 g/mol. The minimum atomic E-state index is 0.538. The number of anilines is 2. The minimum absolute atomic E-state index is 0.538. The number of thiazole rings is 1. The molecule has 0 spiro atoms. The van der Waals surface area contributed by atoms with Crippen molar-refractivity contribution in [2.45, 2.75) is 25.3 Å². The first-order valence-electron chi connectivity index (χ1n) is 8.50. The van der Waals surface area contributed by atoms with Crippen molar-refractivity contribution < 1.29 is 0 Å². The highest BCUT2D eigenvalue weighted by Crippen LogP contribution is 2.38. The summed E-state index contributed by atoms with van der Waals surface area (Å²) in [5.74, 6) is 0.596. The first-order chi connectivity index (χ1) is 12.3. The van der Waals surface area contributed by atoms with Crippen molar-refractivity contribution >= 4 is 54.5 Å². The van der Waals surface area contributed by atoms with E-state index in [0.29, 0.717) is 12.0 Å². The Morgan fingerprint density at radius 3 is 3.04 bits per heavy atom. The Morgan fingerprint density at radius 2 is 2.16 bits per heavy atom. The predicted octanol–water partition coefficient (Wildman–Crippen LogP) is 5.12. The van der Waals surface area contributed by atoms with Crippen LogP contribution in [0.25, 0.3) is 20.4 Å². The van der Waals surface area contributed by atoms with Gasteiger partial charge in [-0.1, -0.05) is 0 Å². The van der Waals surface area contributed by atoms with Gasteiger partial charge in [0.15, 0.2) is 0 Å². The van der Waals surface area contributed by atoms with Crippen molar-refractivity contribution in [2.24, 2.45) is 0 Å². The summed E-state index contributed by atoms with van der Waals surface area (Å²) in [5.41, 5.74) is 5.11. The molecule has 3 aromatic heterocycles. The number of nitrogens with zero attached hydrogens (tertiary/aromatic N) is 2. The van der Waals surface area contributed by atoms with Gasteiger partial charge < -0.3 is 10.6 Å². The Bertz CT molecular complexity index is 1050. The van der Waals surface area contributed by atoms with Crippen LogP contribution in [0.5, 0.6) is 0 Å². The highest BCUT2D eigenvalue weighted by molar-refractivity contribution is 7.18. The van der Waals surface area contributed by atoms with E-state index in [1.54, 1.807) is 11.3 Å². The number of nitrogens with one attached hydrogen (secondary N) is 2. The fraction of sp³-hybridized carbons (Fsp3) is 0.263. The van der Waals surface area contributed by atoms with E-state index in [1.807, 2.05) is 23.0 Å². The van der Waals surface area contributed by atoms with Crippen LogP contribution >= 0.6 is 22.7 Å². The number of thiophene rings is 1. The highest BCUT2D eigenvalue weighted by atomic mass is 32.1. The quantitative estimate of drug-likeness (QED) is 0.529. The van der Waals surface area contributed by atoms with E-state index in [-0.39, 0.29) is 0 Å². The molecule has 1 saturated heterocycles. The van der Waals surface area contributed by atoms with Gasteiger partial charge in [0.25, 0.3) is 0 Å². The predicted molar refractivity (Wildman–Crippen MR) is 107 cm³/mol. The number of rotatable bonds is 3. The van der Waals surface area contributed by atoms with E-state index in [4.69, 9.17) is 0 Å². The molecule has 1 aliphatic rings. The summed E-state index contributed by atoms with van der Waals surface area (Å²) in [6.07, 6.45) is 3.10. The normalized spacial score (nSPS) is 20.5. The van der Waals surface area contributed by atoms with Crippen molar-refractivity contribution in [1.29, 1.82) is 0 Å². The Balaban J connectivity index is 1.53. The maximum Gasteiger partial charge on any atom is 0.125 e. The fourth-order valence-electron chi connectivity index (χ4n) is 3.59. The zero-order valence-electron chi connectivity index (χ0n) is 13.8. The van der Waals surface area contributed by atoms with Gasteiger partial charge in [0.1, 0.15) is 4.83 Å². The summed E-state index contributed by atoms with van der Waals surface area (Å²) in [7, 11) is 0. The van der Waals surface area contributed by atoms with Crippen molar-refractivity contribution in [2.75, 3.05) is 11.9 Å². The van der Waals surface area contributed by atoms with E-state index in [1.165, 1.54) is 21.4 Å². The molecule has 6 heteroatoms. The van der Waals surface area contributed by atoms with Gasteiger partial charge in [-0.15, -0.1) is 22.7 Å². The smallest absolute Gasteiger partial charge is 0.125 e. The zero-order chi connectivity index (χ0) is 16.8. The molecule has 0 radical (unpaired) electrons. The summed E-state index contributed by atoms with van der Waals surface area (Å²) >= 11 is 3.49. The second kappa shape index (κ2) is 6.05. The maximum atomic E-state index is 4.59. The summed E-state index contributed by atoms with van der Waals surface area (Å²) in [4.78, 5) is 11.5. The molecular weight excluding hydrogens is 348 g/mol. The Kier molecular flexibility index (Phi) is 3.69. The number of benzene rings is 1. The highest BCUT2D eigenvalue weighted by Gasteiger charge is 2.26. The van der Waals surface area contributed by atoms with Crippen molar-refractivity contribution in [3.8, 4) is 0 Å². The first-order valence-corrected chi connectivity index (χ1v) is 10.2. The fourth-order valence-corrected chi connectivity index (χ4v) is 5.51. The Morgan fingerprint density at radius 1 is 1.20 bits per heavy atom. The molecule has 0 amide bonds. The van der Waals surface area contributed by atoms with Crippen molar-refractivity contribution in [3.63, 3.8) is 0 Å². The molecule has 4 nitrogen and oxygen atoms in total. The molecule has 2 N–H and O–H groups in total. The molecule has 0 unspecified atom stereocenters. The summed E-state index contributed by atoms with van der Waals surface area (Å²) < 4.78 is 1.21. The topological polar surface area (TPSA) is 49.8 Å². The van der Waals surface area contributed by atoms with Crippen LogP contribution in [0, 0.1) is 0 Å². The minimum Gasteiger partial charge on any atom is -0.355 e. The lowest BCUT2D eigenvalue weighted by molar-refractivity contribution is 0.602. The van der Waals surface area contributed by atoms with E-state index in [2.05, 4.69) is 57.9 Å². The summed E-state index contributed by atoms with van der Waals surface area (Å²) in [5, 5.41) is 8.31. The molecule has 2 atom stereocenters. The molecular formula is C19H18N4S2. The van der Waals surface area contributed by atoms with Crippen LogP contribution < -0.4 is 10.6 Å². The van der Waals surface area contributed by atoms with Crippen LogP contribution in [0.15, 0.2) is 42.0 Å². The Hall–Kier alpha value is -2.02. The van der Waals surface area contributed by atoms with Gasteiger partial charge in [-0.3, -0.25) is 0 Å². The second-order valence-corrected chi connectivity index (χ2v) is 8.47. The number of pyridine rings is 1. The maximum absolute atomic E-state index is 4.59. The van der Waals surface area contributed by atoms with Gasteiger partial charge in [-0.25, -0.2) is 9.97 Å². The third-order valence-electron chi connectivity index (χ3n) is 4.95. The largest absolute Gasteiger partial charge is 0.355 e. The molecule has 4 heterocycles. The van der Waals surface area contributed by atoms with E-state index in [0.717, 1.165) is 28.3 Å². The van der Waals surface area contributed by atoms with Crippen LogP contribution in [-0.2, 0) is 0 Å². The number of hydrogen-bond acceptors (Lipinski definition) is 6. The third-order valence-corrected chi connectivity index (χ3v) is 6.94.